The van der Waals surface area contributed by atoms with Crippen LogP contribution in [-0.4, -0.2) is 50.4 Å². The lowest BCUT2D eigenvalue weighted by molar-refractivity contribution is -0.139. The monoisotopic (exact) mass is 565 g/mol. The van der Waals surface area contributed by atoms with E-state index in [2.05, 4.69) is 5.32 Å². The Morgan fingerprint density at radius 3 is 2.20 bits per heavy atom. The van der Waals surface area contributed by atoms with Crippen LogP contribution in [0.15, 0.2) is 83.8 Å². The summed E-state index contributed by atoms with van der Waals surface area (Å²) in [6.07, 6.45) is 0.742. The summed E-state index contributed by atoms with van der Waals surface area (Å²) in [4.78, 5) is 28.5. The van der Waals surface area contributed by atoms with Crippen LogP contribution < -0.4 is 14.4 Å². The lowest BCUT2D eigenvalue weighted by Gasteiger charge is -2.32. The highest BCUT2D eigenvalue weighted by Crippen LogP contribution is 2.26. The largest absolute Gasteiger partial charge is 0.494 e. The molecule has 0 fully saturated rings. The van der Waals surface area contributed by atoms with Crippen molar-refractivity contribution in [3.63, 3.8) is 0 Å². The van der Waals surface area contributed by atoms with Gasteiger partial charge in [-0.15, -0.1) is 0 Å². The molecule has 0 aliphatic rings. The van der Waals surface area contributed by atoms with Gasteiger partial charge in [-0.2, -0.15) is 0 Å². The maximum Gasteiger partial charge on any atom is 0.264 e. The number of ether oxygens (including phenoxy) is 1. The lowest BCUT2D eigenvalue weighted by Crippen LogP contribution is -2.52. The average molecular weight is 566 g/mol. The summed E-state index contributed by atoms with van der Waals surface area (Å²) in [5, 5.41) is 2.94. The average Bonchev–Trinajstić information content (AvgIpc) is 2.95. The van der Waals surface area contributed by atoms with Crippen LogP contribution in [0.1, 0.15) is 45.2 Å². The van der Waals surface area contributed by atoms with E-state index in [4.69, 9.17) is 4.74 Å². The SMILES string of the molecule is CCOc1ccc(S(=O)(=O)N(CC(=O)N(Cc2cccc(C)c2)[C@@H](C)C(=O)N[C@H](C)CC)c2ccccc2)cc1. The Morgan fingerprint density at radius 2 is 1.60 bits per heavy atom. The van der Waals surface area contributed by atoms with Crippen LogP contribution in [0.25, 0.3) is 0 Å². The minimum Gasteiger partial charge on any atom is -0.494 e. The van der Waals surface area contributed by atoms with E-state index in [0.717, 1.165) is 21.9 Å². The molecule has 0 bridgehead atoms. The second kappa shape index (κ2) is 14.0. The van der Waals surface area contributed by atoms with E-state index in [1.165, 1.54) is 17.0 Å². The maximum absolute atomic E-state index is 14.0. The normalized spacial score (nSPS) is 12.7. The quantitative estimate of drug-likeness (QED) is 0.317. The number of rotatable bonds is 13. The van der Waals surface area contributed by atoms with Gasteiger partial charge in [0.2, 0.25) is 11.8 Å². The highest BCUT2D eigenvalue weighted by atomic mass is 32.2. The number of para-hydroxylation sites is 1. The predicted molar refractivity (Wildman–Crippen MR) is 158 cm³/mol. The van der Waals surface area contributed by atoms with Crippen LogP contribution in [0.2, 0.25) is 0 Å². The Balaban J connectivity index is 1.99. The fourth-order valence-corrected chi connectivity index (χ4v) is 5.59. The van der Waals surface area contributed by atoms with E-state index < -0.39 is 28.5 Å². The van der Waals surface area contributed by atoms with E-state index >= 15 is 0 Å². The smallest absolute Gasteiger partial charge is 0.264 e. The zero-order chi connectivity index (χ0) is 29.3. The summed E-state index contributed by atoms with van der Waals surface area (Å²) in [6.45, 7) is 9.46. The van der Waals surface area contributed by atoms with Crippen LogP contribution in [0.4, 0.5) is 5.69 Å². The molecule has 2 amide bonds. The molecule has 8 nitrogen and oxygen atoms in total. The third-order valence-corrected chi connectivity index (χ3v) is 8.44. The number of aryl methyl sites for hydroxylation is 1. The first-order valence-corrected chi connectivity index (χ1v) is 15.0. The van der Waals surface area contributed by atoms with Gasteiger partial charge in [0, 0.05) is 12.6 Å². The number of carbonyl (C=O) groups excluding carboxylic acids is 2. The Bertz CT molecular complexity index is 1380. The summed E-state index contributed by atoms with van der Waals surface area (Å²) in [5.41, 5.74) is 2.21. The molecule has 0 spiro atoms. The summed E-state index contributed by atoms with van der Waals surface area (Å²) < 4.78 is 34.3. The van der Waals surface area contributed by atoms with E-state index in [0.29, 0.717) is 18.0 Å². The van der Waals surface area contributed by atoms with E-state index in [9.17, 15) is 18.0 Å². The molecular weight excluding hydrogens is 526 g/mol. The van der Waals surface area contributed by atoms with Crippen molar-refractivity contribution in [1.82, 2.24) is 10.2 Å². The minimum absolute atomic E-state index is 0.0282. The number of hydrogen-bond acceptors (Lipinski definition) is 5. The van der Waals surface area contributed by atoms with Crippen LogP contribution in [0, 0.1) is 6.92 Å². The molecule has 2 atom stereocenters. The van der Waals surface area contributed by atoms with Gasteiger partial charge in [-0.1, -0.05) is 55.0 Å². The molecule has 3 aromatic carbocycles. The Morgan fingerprint density at radius 1 is 0.925 bits per heavy atom. The first-order valence-electron chi connectivity index (χ1n) is 13.5. The standard InChI is InChI=1S/C31H39N3O5S/c1-6-24(4)32-31(36)25(5)33(21-26-13-11-12-23(3)20-26)30(35)22-34(27-14-9-8-10-15-27)40(37,38)29-18-16-28(17-19-29)39-7-2/h8-20,24-25H,6-7,21-22H2,1-5H3,(H,32,36)/t24-,25+/m1/s1. The van der Waals surface area contributed by atoms with Crippen molar-refractivity contribution in [2.75, 3.05) is 17.5 Å². The molecular formula is C31H39N3O5S. The van der Waals surface area contributed by atoms with Crippen LogP contribution in [-0.2, 0) is 26.2 Å². The van der Waals surface area contributed by atoms with Crippen molar-refractivity contribution in [3.8, 4) is 5.75 Å². The van der Waals surface area contributed by atoms with Crippen molar-refractivity contribution < 1.29 is 22.7 Å². The summed E-state index contributed by atoms with van der Waals surface area (Å²) in [7, 11) is -4.13. The summed E-state index contributed by atoms with van der Waals surface area (Å²) >= 11 is 0. The van der Waals surface area contributed by atoms with Gasteiger partial charge >= 0.3 is 0 Å². The first kappa shape index (κ1) is 30.7. The van der Waals surface area contributed by atoms with Crippen molar-refractivity contribution in [1.29, 1.82) is 0 Å². The number of amides is 2. The molecule has 0 aliphatic carbocycles. The number of nitrogens with one attached hydrogen (secondary N) is 1. The zero-order valence-corrected chi connectivity index (χ0v) is 24.6. The van der Waals surface area contributed by atoms with Gasteiger partial charge in [-0.05, 0) is 76.1 Å². The maximum atomic E-state index is 14.0. The number of hydrogen-bond donors (Lipinski definition) is 1. The lowest BCUT2D eigenvalue weighted by atomic mass is 10.1. The number of carbonyl (C=O) groups is 2. The van der Waals surface area contributed by atoms with Gasteiger partial charge in [0.15, 0.2) is 0 Å². The fraction of sp³-hybridized carbons (Fsp3) is 0.355. The van der Waals surface area contributed by atoms with Crippen molar-refractivity contribution >= 4 is 27.5 Å². The van der Waals surface area contributed by atoms with E-state index in [1.54, 1.807) is 49.4 Å². The Labute approximate surface area is 238 Å². The van der Waals surface area contributed by atoms with Crippen molar-refractivity contribution in [2.24, 2.45) is 0 Å². The number of anilines is 1. The highest BCUT2D eigenvalue weighted by molar-refractivity contribution is 7.92. The number of nitrogens with zero attached hydrogens (tertiary/aromatic N) is 2. The van der Waals surface area contributed by atoms with Crippen LogP contribution in [0.5, 0.6) is 5.75 Å². The second-order valence-corrected chi connectivity index (χ2v) is 11.6. The first-order chi connectivity index (χ1) is 19.1. The molecule has 9 heteroatoms. The Hall–Kier alpha value is -3.85. The predicted octanol–water partition coefficient (Wildman–Crippen LogP) is 4.92. The molecule has 214 valence electrons. The molecule has 3 rings (SSSR count). The van der Waals surface area contributed by atoms with Gasteiger partial charge in [0.05, 0.1) is 17.2 Å². The fourth-order valence-electron chi connectivity index (χ4n) is 4.18. The molecule has 0 saturated heterocycles. The van der Waals surface area contributed by atoms with Crippen LogP contribution in [0.3, 0.4) is 0 Å². The zero-order valence-electron chi connectivity index (χ0n) is 23.8. The highest BCUT2D eigenvalue weighted by Gasteiger charge is 2.32. The van der Waals surface area contributed by atoms with Gasteiger partial charge in [-0.25, -0.2) is 8.42 Å². The molecule has 40 heavy (non-hydrogen) atoms. The minimum atomic E-state index is -4.13. The Kier molecular flexibility index (Phi) is 10.7. The molecule has 0 saturated carbocycles. The van der Waals surface area contributed by atoms with Gasteiger partial charge in [-0.3, -0.25) is 13.9 Å². The summed E-state index contributed by atoms with van der Waals surface area (Å²) in [5.74, 6) is -0.239. The molecule has 0 aliphatic heterocycles. The molecule has 0 radical (unpaired) electrons. The third-order valence-electron chi connectivity index (χ3n) is 6.65. The van der Waals surface area contributed by atoms with Crippen LogP contribution >= 0.6 is 0 Å². The van der Waals surface area contributed by atoms with Gasteiger partial charge in [0.25, 0.3) is 10.0 Å². The van der Waals surface area contributed by atoms with Crippen molar-refractivity contribution in [3.05, 3.63) is 90.0 Å². The molecule has 0 heterocycles. The number of benzene rings is 3. The number of sulfonamides is 1. The topological polar surface area (TPSA) is 96.0 Å². The van der Waals surface area contributed by atoms with E-state index in [1.807, 2.05) is 52.0 Å². The third kappa shape index (κ3) is 7.85. The molecule has 3 aromatic rings. The second-order valence-electron chi connectivity index (χ2n) is 9.76. The van der Waals surface area contributed by atoms with Gasteiger partial charge in [0.1, 0.15) is 18.3 Å². The molecule has 0 unspecified atom stereocenters. The molecule has 1 N–H and O–H groups in total. The van der Waals surface area contributed by atoms with E-state index in [-0.39, 0.29) is 23.4 Å². The van der Waals surface area contributed by atoms with Gasteiger partial charge < -0.3 is 15.0 Å². The molecule has 0 aromatic heterocycles. The van der Waals surface area contributed by atoms with Crippen molar-refractivity contribution in [2.45, 2.75) is 64.6 Å². The summed E-state index contributed by atoms with van der Waals surface area (Å²) in [6, 6.07) is 21.4.